The first-order valence-corrected chi connectivity index (χ1v) is 6.42. The summed E-state index contributed by atoms with van der Waals surface area (Å²) in [5, 5.41) is 2.56. The van der Waals surface area contributed by atoms with Crippen LogP contribution in [0.25, 0.3) is 0 Å². The zero-order valence-corrected chi connectivity index (χ0v) is 12.0. The van der Waals surface area contributed by atoms with Gasteiger partial charge in [0.1, 0.15) is 6.54 Å². The maximum atomic E-state index is 13.7. The Hall–Kier alpha value is -2.05. The summed E-state index contributed by atoms with van der Waals surface area (Å²) in [6, 6.07) is 1.63. The number of benzene rings is 1. The summed E-state index contributed by atoms with van der Waals surface area (Å²) in [5.74, 6) is -5.49. The van der Waals surface area contributed by atoms with Crippen LogP contribution in [0.4, 0.5) is 18.9 Å². The van der Waals surface area contributed by atoms with Gasteiger partial charge in [-0.05, 0) is 18.1 Å². The standard InChI is InChI=1S/C14H17F3N2O2/c1-8(2)6-18-12(21)7-19(9(3)20)11-5-4-10(15)13(16)14(11)17/h4-5,8H,6-7H2,1-3H3,(H,18,21). The van der Waals surface area contributed by atoms with Crippen LogP contribution >= 0.6 is 0 Å². The largest absolute Gasteiger partial charge is 0.354 e. The fraction of sp³-hybridized carbons (Fsp3) is 0.429. The van der Waals surface area contributed by atoms with Gasteiger partial charge in [-0.2, -0.15) is 0 Å². The lowest BCUT2D eigenvalue weighted by Crippen LogP contribution is -2.41. The van der Waals surface area contributed by atoms with E-state index in [1.54, 1.807) is 0 Å². The molecule has 1 aromatic rings. The molecule has 0 spiro atoms. The van der Waals surface area contributed by atoms with Gasteiger partial charge < -0.3 is 10.2 Å². The summed E-state index contributed by atoms with van der Waals surface area (Å²) in [5.41, 5.74) is -0.471. The molecular formula is C14H17F3N2O2. The zero-order valence-electron chi connectivity index (χ0n) is 12.0. The van der Waals surface area contributed by atoms with Crippen molar-refractivity contribution in [2.45, 2.75) is 20.8 Å². The molecule has 21 heavy (non-hydrogen) atoms. The summed E-state index contributed by atoms with van der Waals surface area (Å²) in [4.78, 5) is 24.0. The third-order valence-corrected chi connectivity index (χ3v) is 2.69. The Bertz CT molecular complexity index is 547. The quantitative estimate of drug-likeness (QED) is 0.848. The Morgan fingerprint density at radius 3 is 2.33 bits per heavy atom. The number of nitrogens with one attached hydrogen (secondary N) is 1. The van der Waals surface area contributed by atoms with Crippen molar-refractivity contribution >= 4 is 17.5 Å². The van der Waals surface area contributed by atoms with Gasteiger partial charge >= 0.3 is 0 Å². The first-order chi connectivity index (χ1) is 9.73. The fourth-order valence-electron chi connectivity index (χ4n) is 1.61. The van der Waals surface area contributed by atoms with Crippen LogP contribution in [0.2, 0.25) is 0 Å². The number of carbonyl (C=O) groups excluding carboxylic acids is 2. The Morgan fingerprint density at radius 1 is 1.19 bits per heavy atom. The number of hydrogen-bond acceptors (Lipinski definition) is 2. The molecule has 1 N–H and O–H groups in total. The summed E-state index contributed by atoms with van der Waals surface area (Å²) < 4.78 is 39.8. The number of rotatable bonds is 5. The van der Waals surface area contributed by atoms with E-state index in [4.69, 9.17) is 0 Å². The third-order valence-electron chi connectivity index (χ3n) is 2.69. The highest BCUT2D eigenvalue weighted by atomic mass is 19.2. The van der Waals surface area contributed by atoms with Gasteiger partial charge in [0.2, 0.25) is 11.8 Å². The molecule has 0 aromatic heterocycles. The summed E-state index contributed by atoms with van der Waals surface area (Å²) in [7, 11) is 0. The second kappa shape index (κ2) is 7.10. The first kappa shape index (κ1) is 17.0. The monoisotopic (exact) mass is 302 g/mol. The Balaban J connectivity index is 2.96. The summed E-state index contributed by atoms with van der Waals surface area (Å²) >= 11 is 0. The number of amides is 2. The highest BCUT2D eigenvalue weighted by molar-refractivity contribution is 5.97. The lowest BCUT2D eigenvalue weighted by Gasteiger charge is -2.21. The molecule has 0 saturated heterocycles. The predicted octanol–water partition coefficient (Wildman–Crippen LogP) is 2.23. The molecule has 116 valence electrons. The molecule has 0 aliphatic carbocycles. The van der Waals surface area contributed by atoms with Crippen LogP contribution in [0, 0.1) is 23.4 Å². The van der Waals surface area contributed by atoms with Gasteiger partial charge in [-0.1, -0.05) is 13.8 Å². The van der Waals surface area contributed by atoms with E-state index in [0.717, 1.165) is 17.9 Å². The van der Waals surface area contributed by atoms with Gasteiger partial charge in [-0.15, -0.1) is 0 Å². The highest BCUT2D eigenvalue weighted by Crippen LogP contribution is 2.23. The van der Waals surface area contributed by atoms with Crippen LogP contribution in [0.15, 0.2) is 12.1 Å². The maximum Gasteiger partial charge on any atom is 0.240 e. The van der Waals surface area contributed by atoms with Gasteiger partial charge in [0.05, 0.1) is 5.69 Å². The van der Waals surface area contributed by atoms with Crippen molar-refractivity contribution in [3.8, 4) is 0 Å². The van der Waals surface area contributed by atoms with E-state index >= 15 is 0 Å². The molecule has 0 bridgehead atoms. The minimum absolute atomic E-state index is 0.208. The predicted molar refractivity (Wildman–Crippen MR) is 72.2 cm³/mol. The van der Waals surface area contributed by atoms with Crippen molar-refractivity contribution in [2.75, 3.05) is 18.0 Å². The van der Waals surface area contributed by atoms with Crippen LogP contribution in [0.3, 0.4) is 0 Å². The number of nitrogens with zero attached hydrogens (tertiary/aromatic N) is 1. The van der Waals surface area contributed by atoms with Crippen LogP contribution in [-0.4, -0.2) is 24.9 Å². The Kier molecular flexibility index (Phi) is 5.75. The average molecular weight is 302 g/mol. The number of halogens is 3. The smallest absolute Gasteiger partial charge is 0.240 e. The van der Waals surface area contributed by atoms with Gasteiger partial charge in [-0.25, -0.2) is 13.2 Å². The SMILES string of the molecule is CC(=O)N(CC(=O)NCC(C)C)c1ccc(F)c(F)c1F. The van der Waals surface area contributed by atoms with E-state index in [1.165, 1.54) is 0 Å². The van der Waals surface area contributed by atoms with E-state index in [-0.39, 0.29) is 5.92 Å². The van der Waals surface area contributed by atoms with Crippen LogP contribution in [0.1, 0.15) is 20.8 Å². The molecule has 0 radical (unpaired) electrons. The van der Waals surface area contributed by atoms with E-state index in [2.05, 4.69) is 5.32 Å². The van der Waals surface area contributed by atoms with Crippen molar-refractivity contribution in [2.24, 2.45) is 5.92 Å². The van der Waals surface area contributed by atoms with Crippen molar-refractivity contribution in [1.82, 2.24) is 5.32 Å². The van der Waals surface area contributed by atoms with E-state index < -0.39 is 41.5 Å². The lowest BCUT2D eigenvalue weighted by atomic mass is 10.2. The normalized spacial score (nSPS) is 10.6. The van der Waals surface area contributed by atoms with Gasteiger partial charge in [0.25, 0.3) is 0 Å². The van der Waals surface area contributed by atoms with Gasteiger partial charge in [0.15, 0.2) is 17.5 Å². The molecule has 2 amide bonds. The highest BCUT2D eigenvalue weighted by Gasteiger charge is 2.23. The molecule has 4 nitrogen and oxygen atoms in total. The fourth-order valence-corrected chi connectivity index (χ4v) is 1.61. The molecule has 7 heteroatoms. The zero-order chi connectivity index (χ0) is 16.2. The molecule has 1 rings (SSSR count). The molecule has 1 aromatic carbocycles. The van der Waals surface area contributed by atoms with E-state index in [9.17, 15) is 22.8 Å². The maximum absolute atomic E-state index is 13.7. The molecule has 0 heterocycles. The number of hydrogen-bond donors (Lipinski definition) is 1. The second-order valence-electron chi connectivity index (χ2n) is 5.00. The molecular weight excluding hydrogens is 285 g/mol. The number of anilines is 1. The summed E-state index contributed by atoms with van der Waals surface area (Å²) in [6.45, 7) is 4.81. The average Bonchev–Trinajstić information content (AvgIpc) is 2.40. The van der Waals surface area contributed by atoms with Crippen molar-refractivity contribution in [3.63, 3.8) is 0 Å². The molecule has 0 aliphatic heterocycles. The molecule has 0 atom stereocenters. The van der Waals surface area contributed by atoms with Crippen LogP contribution in [0.5, 0.6) is 0 Å². The molecule has 0 unspecified atom stereocenters. The minimum Gasteiger partial charge on any atom is -0.354 e. The second-order valence-corrected chi connectivity index (χ2v) is 5.00. The van der Waals surface area contributed by atoms with Gasteiger partial charge in [0, 0.05) is 13.5 Å². The third kappa shape index (κ3) is 4.47. The molecule has 0 fully saturated rings. The van der Waals surface area contributed by atoms with Crippen molar-refractivity contribution in [3.05, 3.63) is 29.6 Å². The van der Waals surface area contributed by atoms with E-state index in [0.29, 0.717) is 12.6 Å². The lowest BCUT2D eigenvalue weighted by molar-refractivity contribution is -0.123. The Labute approximate surface area is 120 Å². The molecule has 0 saturated carbocycles. The first-order valence-electron chi connectivity index (χ1n) is 6.42. The van der Waals surface area contributed by atoms with E-state index in [1.807, 2.05) is 13.8 Å². The van der Waals surface area contributed by atoms with Crippen molar-refractivity contribution < 1.29 is 22.8 Å². The summed E-state index contributed by atoms with van der Waals surface area (Å²) in [6.07, 6.45) is 0. The van der Waals surface area contributed by atoms with Crippen LogP contribution in [-0.2, 0) is 9.59 Å². The van der Waals surface area contributed by atoms with Crippen LogP contribution < -0.4 is 10.2 Å². The van der Waals surface area contributed by atoms with Crippen molar-refractivity contribution in [1.29, 1.82) is 0 Å². The van der Waals surface area contributed by atoms with Gasteiger partial charge in [-0.3, -0.25) is 9.59 Å². The topological polar surface area (TPSA) is 49.4 Å². The Morgan fingerprint density at radius 2 is 1.81 bits per heavy atom. The minimum atomic E-state index is -1.68. The number of carbonyl (C=O) groups is 2. The molecule has 0 aliphatic rings.